The maximum atomic E-state index is 16.0. The van der Waals surface area contributed by atoms with Crippen molar-refractivity contribution < 1.29 is 42.6 Å². The Hall–Kier alpha value is -5.87. The maximum absolute atomic E-state index is 16.0. The third-order valence-electron chi connectivity index (χ3n) is 16.2. The Morgan fingerprint density at radius 3 is 1.37 bits per heavy atom. The van der Waals surface area contributed by atoms with Gasteiger partial charge in [-0.3, -0.25) is 19.4 Å². The zero-order valence-corrected chi connectivity index (χ0v) is 40.3. The van der Waals surface area contributed by atoms with Crippen molar-refractivity contribution >= 4 is 53.0 Å². The molecule has 2 saturated carbocycles. The Labute approximate surface area is 397 Å². The Kier molecular flexibility index (Phi) is 11.6. The van der Waals surface area contributed by atoms with Gasteiger partial charge in [-0.15, -0.1) is 0 Å². The van der Waals surface area contributed by atoms with E-state index in [9.17, 15) is 19.2 Å². The summed E-state index contributed by atoms with van der Waals surface area (Å²) in [7, 11) is 0. The van der Waals surface area contributed by atoms with E-state index >= 15 is 14.0 Å². The SMILES string of the molecule is Cc1c(F)ccc(N(C2C[C@@H]3CCC[C@]3(C(=O)N3Cc4ccc3cc4)N2[C@H](C(=O)OC(N)=O)C(C)(C)C)C2C[C@@H]3CCC[C@]3(C(=O)N3Cc4ccc3cc4)N2[C@H](C(=O)OC(N)=O)C(C)(C)C)c1C. The van der Waals surface area contributed by atoms with E-state index in [0.717, 1.165) is 11.1 Å². The molecule has 15 nitrogen and oxygen atoms in total. The number of halogens is 1. The summed E-state index contributed by atoms with van der Waals surface area (Å²) in [5.41, 5.74) is 11.4. The van der Waals surface area contributed by atoms with E-state index in [-0.39, 0.29) is 23.7 Å². The van der Waals surface area contributed by atoms with Crippen molar-refractivity contribution in [3.05, 3.63) is 88.7 Å². The standard InChI is InChI=1S/C52H64FN7O8/c1-29-30(2)38(22-21-37(29)53)58(39-25-33-11-9-23-51(33,45(63)56-27-31-13-17-35(56)18-14-31)59(39)41(49(3,4)5)43(61)67-47(54)65)40-26-34-12-10-24-52(34,46(64)57-28-32-15-19-36(57)20-16-32)60(40)42(50(6,7)8)44(62)68-48(55)66/h13-22,33-34,39-42H,9-12,23-28H2,1-8H3,(H2,54,65)(H2,55,66)/t33-,34-,39?,40?,41+,42+,51-,52-/m0/s1. The van der Waals surface area contributed by atoms with Gasteiger partial charge in [0.05, 0.1) is 25.4 Å². The van der Waals surface area contributed by atoms with Gasteiger partial charge in [-0.2, -0.15) is 0 Å². The number of benzene rings is 3. The fourth-order valence-corrected chi connectivity index (χ4v) is 13.4. The van der Waals surface area contributed by atoms with Crippen LogP contribution in [0.25, 0.3) is 0 Å². The topological polar surface area (TPSA) is 189 Å². The molecule has 8 aliphatic rings. The van der Waals surface area contributed by atoms with Crippen LogP contribution < -0.4 is 26.2 Å². The number of esters is 2. The molecule has 6 heterocycles. The van der Waals surface area contributed by atoms with E-state index < -0.39 is 76.3 Å². The molecule has 3 aromatic carbocycles. The minimum absolute atomic E-state index is 0.197. The quantitative estimate of drug-likeness (QED) is 0.159. The van der Waals surface area contributed by atoms with Gasteiger partial charge in [0.1, 0.15) is 29.0 Å². The molecule has 2 saturated heterocycles. The van der Waals surface area contributed by atoms with E-state index in [2.05, 4.69) is 4.90 Å². The van der Waals surface area contributed by atoms with Crippen molar-refractivity contribution in [3.8, 4) is 0 Å². The average Bonchev–Trinajstić information content (AvgIpc) is 4.03. The number of carbonyl (C=O) groups excluding carboxylic acids is 6. The molecule has 8 atom stereocenters. The molecule has 68 heavy (non-hydrogen) atoms. The Balaban J connectivity index is 1.32. The van der Waals surface area contributed by atoms with Gasteiger partial charge in [0.25, 0.3) is 0 Å². The molecule has 4 fully saturated rings. The van der Waals surface area contributed by atoms with Gasteiger partial charge in [0.2, 0.25) is 11.8 Å². The van der Waals surface area contributed by atoms with Crippen LogP contribution in [0.5, 0.6) is 0 Å². The molecule has 16 heteroatoms. The normalized spacial score (nSPS) is 27.2. The van der Waals surface area contributed by atoms with Crippen LogP contribution in [0.2, 0.25) is 0 Å². The van der Waals surface area contributed by atoms with Gasteiger partial charge in [-0.05, 0) is 134 Å². The Bertz CT molecular complexity index is 2430. The first-order valence-electron chi connectivity index (χ1n) is 24.0. The second-order valence-corrected chi connectivity index (χ2v) is 22.1. The molecule has 0 radical (unpaired) electrons. The molecule has 2 aliphatic carbocycles. The average molecular weight is 934 g/mol. The van der Waals surface area contributed by atoms with Crippen molar-refractivity contribution in [1.82, 2.24) is 9.80 Å². The van der Waals surface area contributed by atoms with Crippen LogP contribution in [0.1, 0.15) is 115 Å². The van der Waals surface area contributed by atoms with E-state index in [0.29, 0.717) is 92.6 Å². The zero-order valence-electron chi connectivity index (χ0n) is 40.3. The molecule has 11 rings (SSSR count). The number of hydrogen-bond acceptors (Lipinski definition) is 11. The van der Waals surface area contributed by atoms with Gasteiger partial charge < -0.3 is 35.6 Å². The van der Waals surface area contributed by atoms with Gasteiger partial charge >= 0.3 is 24.1 Å². The summed E-state index contributed by atoms with van der Waals surface area (Å²) >= 11 is 0. The molecular formula is C52H64FN7O8. The van der Waals surface area contributed by atoms with Crippen LogP contribution in [0.15, 0.2) is 60.7 Å². The molecule has 6 aliphatic heterocycles. The first-order chi connectivity index (χ1) is 32.0. The molecule has 4 amide bonds. The first kappa shape index (κ1) is 47.2. The summed E-state index contributed by atoms with van der Waals surface area (Å²) in [6.45, 7) is 15.3. The number of anilines is 3. The molecule has 0 aromatic heterocycles. The third-order valence-corrected chi connectivity index (χ3v) is 16.2. The molecule has 4 N–H and O–H groups in total. The molecule has 0 spiro atoms. The number of primary amides is 2. The number of rotatable bonds is 9. The highest BCUT2D eigenvalue weighted by Gasteiger charge is 2.71. The molecular weight excluding hydrogens is 870 g/mol. The molecule has 3 aromatic rings. The van der Waals surface area contributed by atoms with Gasteiger partial charge in [-0.25, -0.2) is 23.6 Å². The minimum Gasteiger partial charge on any atom is -0.375 e. The fraction of sp³-hybridized carbons (Fsp3) is 0.538. The lowest BCUT2D eigenvalue weighted by molar-refractivity contribution is -0.157. The number of likely N-dealkylation sites (tertiary alicyclic amines) is 2. The summed E-state index contributed by atoms with van der Waals surface area (Å²) in [5, 5.41) is 0. The summed E-state index contributed by atoms with van der Waals surface area (Å²) in [5.74, 6) is -3.37. The van der Waals surface area contributed by atoms with E-state index in [1.54, 1.807) is 22.8 Å². The summed E-state index contributed by atoms with van der Waals surface area (Å²) in [6.07, 6.45) is -0.363. The van der Waals surface area contributed by atoms with Crippen molar-refractivity contribution in [3.63, 3.8) is 0 Å². The fourth-order valence-electron chi connectivity index (χ4n) is 13.4. The number of fused-ring (bicyclic) bond motifs is 8. The first-order valence-corrected chi connectivity index (χ1v) is 24.0. The van der Waals surface area contributed by atoms with E-state index in [1.165, 1.54) is 6.07 Å². The second-order valence-electron chi connectivity index (χ2n) is 22.1. The van der Waals surface area contributed by atoms with Crippen LogP contribution in [-0.2, 0) is 41.7 Å². The van der Waals surface area contributed by atoms with Gasteiger partial charge in [-0.1, -0.05) is 78.6 Å². The highest BCUT2D eigenvalue weighted by molar-refractivity contribution is 6.04. The van der Waals surface area contributed by atoms with Gasteiger partial charge in [0.15, 0.2) is 0 Å². The molecule has 362 valence electrons. The van der Waals surface area contributed by atoms with Crippen LogP contribution in [0.4, 0.5) is 31.0 Å². The summed E-state index contributed by atoms with van der Waals surface area (Å²) in [4.78, 5) is 96.6. The predicted octanol–water partition coefficient (Wildman–Crippen LogP) is 7.56. The predicted molar refractivity (Wildman–Crippen MR) is 252 cm³/mol. The monoisotopic (exact) mass is 933 g/mol. The molecule has 4 bridgehead atoms. The highest BCUT2D eigenvalue weighted by atomic mass is 19.1. The number of carbonyl (C=O) groups is 6. The maximum Gasteiger partial charge on any atom is 0.412 e. The number of nitrogens with two attached hydrogens (primary N) is 2. The summed E-state index contributed by atoms with van der Waals surface area (Å²) < 4.78 is 26.6. The van der Waals surface area contributed by atoms with Crippen LogP contribution >= 0.6 is 0 Å². The summed E-state index contributed by atoms with van der Waals surface area (Å²) in [6, 6.07) is 16.1. The van der Waals surface area contributed by atoms with Crippen LogP contribution in [-0.4, -0.2) is 81.2 Å². The number of ether oxygens (including phenoxy) is 2. The third kappa shape index (κ3) is 7.35. The second kappa shape index (κ2) is 16.7. The highest BCUT2D eigenvalue weighted by Crippen LogP contribution is 2.60. The van der Waals surface area contributed by atoms with Crippen molar-refractivity contribution in [2.75, 3.05) is 14.7 Å². The molecule has 2 unspecified atom stereocenters. The van der Waals surface area contributed by atoms with E-state index in [1.807, 2.05) is 107 Å². The van der Waals surface area contributed by atoms with E-state index in [4.69, 9.17) is 20.9 Å². The van der Waals surface area contributed by atoms with Gasteiger partial charge in [0, 0.05) is 17.1 Å². The lowest BCUT2D eigenvalue weighted by Gasteiger charge is -2.55. The lowest BCUT2D eigenvalue weighted by Crippen LogP contribution is -2.72. The Morgan fingerprint density at radius 2 is 1.03 bits per heavy atom. The van der Waals surface area contributed by atoms with Crippen LogP contribution in [0.3, 0.4) is 0 Å². The number of hydrogen-bond donors (Lipinski definition) is 2. The van der Waals surface area contributed by atoms with Crippen molar-refractivity contribution in [1.29, 1.82) is 0 Å². The minimum atomic E-state index is -1.34. The Morgan fingerprint density at radius 1 is 0.632 bits per heavy atom. The number of nitrogens with zero attached hydrogens (tertiary/aromatic N) is 5. The van der Waals surface area contributed by atoms with Crippen molar-refractivity contribution in [2.45, 2.75) is 155 Å². The smallest absolute Gasteiger partial charge is 0.375 e. The van der Waals surface area contributed by atoms with Crippen molar-refractivity contribution in [2.24, 2.45) is 34.1 Å². The lowest BCUT2D eigenvalue weighted by atomic mass is 9.80. The van der Waals surface area contributed by atoms with Crippen LogP contribution in [0, 0.1) is 42.3 Å². The zero-order chi connectivity index (χ0) is 49.0. The largest absolute Gasteiger partial charge is 0.412 e. The number of amides is 4.